The van der Waals surface area contributed by atoms with E-state index in [1.54, 1.807) is 19.5 Å². The van der Waals surface area contributed by atoms with Crippen LogP contribution in [-0.2, 0) is 0 Å². The van der Waals surface area contributed by atoms with Crippen molar-refractivity contribution in [3.05, 3.63) is 40.6 Å². The first-order chi connectivity index (χ1) is 11.1. The van der Waals surface area contributed by atoms with E-state index in [1.165, 1.54) is 0 Å². The van der Waals surface area contributed by atoms with Crippen LogP contribution in [0.15, 0.2) is 30.6 Å². The molecule has 1 N–H and O–H groups in total. The Morgan fingerprint density at radius 2 is 1.91 bits per heavy atom. The zero-order valence-electron chi connectivity index (χ0n) is 12.6. The Hall–Kier alpha value is -1.49. The Morgan fingerprint density at radius 3 is 2.52 bits per heavy atom. The fourth-order valence-corrected chi connectivity index (χ4v) is 3.42. The van der Waals surface area contributed by atoms with Gasteiger partial charge in [-0.3, -0.25) is 4.98 Å². The third kappa shape index (κ3) is 3.39. The second kappa shape index (κ2) is 6.95. The van der Waals surface area contributed by atoms with Crippen molar-refractivity contribution >= 4 is 23.2 Å². The number of hydrogen-bond donors (Lipinski definition) is 1. The zero-order valence-corrected chi connectivity index (χ0v) is 14.1. The van der Waals surface area contributed by atoms with Crippen LogP contribution in [0, 0.1) is 0 Å². The number of rotatable bonds is 4. The summed E-state index contributed by atoms with van der Waals surface area (Å²) < 4.78 is 11.6. The van der Waals surface area contributed by atoms with Gasteiger partial charge in [-0.25, -0.2) is 0 Å². The third-order valence-corrected chi connectivity index (χ3v) is 4.54. The van der Waals surface area contributed by atoms with Crippen LogP contribution < -0.4 is 9.47 Å². The first-order valence-electron chi connectivity index (χ1n) is 7.41. The lowest BCUT2D eigenvalue weighted by atomic mass is 10.0. The quantitative estimate of drug-likeness (QED) is 0.887. The molecular formula is C17H17Cl2NO3. The summed E-state index contributed by atoms with van der Waals surface area (Å²) in [5.74, 6) is 1.19. The summed E-state index contributed by atoms with van der Waals surface area (Å²) in [6.07, 6.45) is 4.87. The molecule has 1 aliphatic rings. The lowest BCUT2D eigenvalue weighted by Crippen LogP contribution is -2.14. The predicted octanol–water partition coefficient (Wildman–Crippen LogP) is 4.36. The van der Waals surface area contributed by atoms with Crippen molar-refractivity contribution in [2.24, 2.45) is 0 Å². The number of ether oxygens (including phenoxy) is 2. The van der Waals surface area contributed by atoms with E-state index in [1.807, 2.05) is 18.2 Å². The molecule has 2 atom stereocenters. The normalized spacial score (nSPS) is 20.5. The van der Waals surface area contributed by atoms with Crippen LogP contribution >= 0.6 is 23.2 Å². The van der Waals surface area contributed by atoms with Crippen molar-refractivity contribution in [2.75, 3.05) is 7.11 Å². The Labute approximate surface area is 145 Å². The molecule has 1 fully saturated rings. The molecule has 0 saturated heterocycles. The summed E-state index contributed by atoms with van der Waals surface area (Å²) in [5.41, 5.74) is 1.42. The second-order valence-electron chi connectivity index (χ2n) is 5.52. The standard InChI is InChI=1S/C17H17Cl2NO3/c1-22-15-4-2-3-12(16-13(18)8-20-9-14(16)19)17(15)23-11-6-5-10(21)7-11/h2-4,8-11,21H,5-7H2,1H3. The number of aliphatic hydroxyl groups is 1. The lowest BCUT2D eigenvalue weighted by molar-refractivity contribution is 0.147. The van der Waals surface area contributed by atoms with Gasteiger partial charge in [-0.2, -0.15) is 0 Å². The molecular weight excluding hydrogens is 337 g/mol. The molecule has 1 aliphatic carbocycles. The highest BCUT2D eigenvalue weighted by atomic mass is 35.5. The van der Waals surface area contributed by atoms with E-state index in [4.69, 9.17) is 32.7 Å². The van der Waals surface area contributed by atoms with Gasteiger partial charge in [0.25, 0.3) is 0 Å². The minimum absolute atomic E-state index is 0.0561. The van der Waals surface area contributed by atoms with Crippen molar-refractivity contribution in [1.82, 2.24) is 4.98 Å². The molecule has 0 bridgehead atoms. The minimum atomic E-state index is -0.314. The average Bonchev–Trinajstić information content (AvgIpc) is 2.93. The van der Waals surface area contributed by atoms with Crippen LogP contribution in [-0.4, -0.2) is 29.4 Å². The Balaban J connectivity index is 2.06. The summed E-state index contributed by atoms with van der Waals surface area (Å²) in [7, 11) is 1.59. The van der Waals surface area contributed by atoms with Crippen molar-refractivity contribution in [2.45, 2.75) is 31.5 Å². The molecule has 23 heavy (non-hydrogen) atoms. The number of methoxy groups -OCH3 is 1. The molecule has 0 amide bonds. The molecule has 1 saturated carbocycles. The summed E-state index contributed by atoms with van der Waals surface area (Å²) in [6, 6.07) is 5.57. The first kappa shape index (κ1) is 16.4. The number of aliphatic hydroxyl groups excluding tert-OH is 1. The monoisotopic (exact) mass is 353 g/mol. The number of halogens is 2. The van der Waals surface area contributed by atoms with Gasteiger partial charge in [-0.15, -0.1) is 0 Å². The van der Waals surface area contributed by atoms with Crippen LogP contribution in [0.3, 0.4) is 0 Å². The molecule has 0 aliphatic heterocycles. The van der Waals surface area contributed by atoms with Crippen molar-refractivity contribution in [3.63, 3.8) is 0 Å². The zero-order chi connectivity index (χ0) is 16.4. The van der Waals surface area contributed by atoms with Gasteiger partial charge >= 0.3 is 0 Å². The molecule has 0 radical (unpaired) electrons. The summed E-state index contributed by atoms with van der Waals surface area (Å²) >= 11 is 12.6. The van der Waals surface area contributed by atoms with Crippen LogP contribution in [0.4, 0.5) is 0 Å². The maximum atomic E-state index is 9.72. The molecule has 4 nitrogen and oxygen atoms in total. The maximum Gasteiger partial charge on any atom is 0.169 e. The molecule has 1 aromatic carbocycles. The molecule has 1 heterocycles. The van der Waals surface area contributed by atoms with E-state index in [9.17, 15) is 5.11 Å². The molecule has 3 rings (SSSR count). The van der Waals surface area contributed by atoms with Crippen molar-refractivity contribution in [1.29, 1.82) is 0 Å². The van der Waals surface area contributed by atoms with E-state index in [0.717, 1.165) is 18.4 Å². The van der Waals surface area contributed by atoms with E-state index in [-0.39, 0.29) is 12.2 Å². The highest BCUT2D eigenvalue weighted by Crippen LogP contribution is 2.44. The second-order valence-corrected chi connectivity index (χ2v) is 6.34. The first-order valence-corrected chi connectivity index (χ1v) is 8.17. The maximum absolute atomic E-state index is 9.72. The number of hydrogen-bond acceptors (Lipinski definition) is 4. The molecule has 1 aromatic heterocycles. The number of aromatic nitrogens is 1. The average molecular weight is 354 g/mol. The molecule has 6 heteroatoms. The van der Waals surface area contributed by atoms with Crippen molar-refractivity contribution < 1.29 is 14.6 Å². The number of para-hydroxylation sites is 1. The van der Waals surface area contributed by atoms with Gasteiger partial charge in [0.15, 0.2) is 11.5 Å². The lowest BCUT2D eigenvalue weighted by Gasteiger charge is -2.20. The summed E-state index contributed by atoms with van der Waals surface area (Å²) in [4.78, 5) is 3.99. The van der Waals surface area contributed by atoms with E-state index >= 15 is 0 Å². The number of pyridine rings is 1. The molecule has 2 unspecified atom stereocenters. The Morgan fingerprint density at radius 1 is 1.17 bits per heavy atom. The van der Waals surface area contributed by atoms with Crippen LogP contribution in [0.25, 0.3) is 11.1 Å². The summed E-state index contributed by atoms with van der Waals surface area (Å²) in [6.45, 7) is 0. The van der Waals surface area contributed by atoms with Gasteiger partial charge in [0.1, 0.15) is 6.10 Å². The molecule has 2 aromatic rings. The van der Waals surface area contributed by atoms with Gasteiger partial charge in [-0.05, 0) is 18.9 Å². The SMILES string of the molecule is COc1cccc(-c2c(Cl)cncc2Cl)c1OC1CCC(O)C1. The van der Waals surface area contributed by atoms with Gasteiger partial charge in [0.2, 0.25) is 0 Å². The van der Waals surface area contributed by atoms with Gasteiger partial charge in [0, 0.05) is 29.9 Å². The molecule has 0 spiro atoms. The van der Waals surface area contributed by atoms with Gasteiger partial charge in [-0.1, -0.05) is 35.3 Å². The Kier molecular flexibility index (Phi) is 4.95. The Bertz CT molecular complexity index is 688. The van der Waals surface area contributed by atoms with Crippen molar-refractivity contribution in [3.8, 4) is 22.6 Å². The van der Waals surface area contributed by atoms with Gasteiger partial charge < -0.3 is 14.6 Å². The van der Waals surface area contributed by atoms with E-state index in [2.05, 4.69) is 4.98 Å². The fraction of sp³-hybridized carbons (Fsp3) is 0.353. The van der Waals surface area contributed by atoms with Crippen LogP contribution in [0.5, 0.6) is 11.5 Å². The largest absolute Gasteiger partial charge is 0.493 e. The summed E-state index contributed by atoms with van der Waals surface area (Å²) in [5, 5.41) is 10.6. The highest BCUT2D eigenvalue weighted by Gasteiger charge is 2.27. The topological polar surface area (TPSA) is 51.6 Å². The van der Waals surface area contributed by atoms with E-state index < -0.39 is 0 Å². The fourth-order valence-electron chi connectivity index (χ4n) is 2.85. The molecule has 122 valence electrons. The predicted molar refractivity (Wildman–Crippen MR) is 90.5 cm³/mol. The third-order valence-electron chi connectivity index (χ3n) is 3.96. The minimum Gasteiger partial charge on any atom is -0.493 e. The van der Waals surface area contributed by atoms with Crippen LogP contribution in [0.1, 0.15) is 19.3 Å². The number of nitrogens with zero attached hydrogens (tertiary/aromatic N) is 1. The number of benzene rings is 1. The highest BCUT2D eigenvalue weighted by molar-refractivity contribution is 6.39. The smallest absolute Gasteiger partial charge is 0.169 e. The van der Waals surface area contributed by atoms with E-state index in [0.29, 0.717) is 33.5 Å². The van der Waals surface area contributed by atoms with Crippen LogP contribution in [0.2, 0.25) is 10.0 Å². The van der Waals surface area contributed by atoms with Gasteiger partial charge in [0.05, 0.1) is 23.3 Å².